The standard InChI is InChI=1S/C9H13N3O/c1-7(2)9(13)11-8-5-3-4-6-12(8)10/h3-6,8H,1,10H2,2H3,(H,11,13). The second-order valence-corrected chi connectivity index (χ2v) is 2.87. The van der Waals surface area contributed by atoms with Crippen LogP contribution in [-0.4, -0.2) is 17.1 Å². The lowest BCUT2D eigenvalue weighted by atomic mass is 10.3. The molecule has 1 aliphatic heterocycles. The third-order valence-electron chi connectivity index (χ3n) is 1.65. The first-order valence-electron chi connectivity index (χ1n) is 3.95. The van der Waals surface area contributed by atoms with Crippen LogP contribution in [0.25, 0.3) is 0 Å². The van der Waals surface area contributed by atoms with E-state index in [-0.39, 0.29) is 12.1 Å². The van der Waals surface area contributed by atoms with Crippen LogP contribution in [0, 0.1) is 0 Å². The number of nitrogens with two attached hydrogens (primary N) is 1. The van der Waals surface area contributed by atoms with Crippen molar-refractivity contribution in [1.29, 1.82) is 0 Å². The molecule has 0 aromatic heterocycles. The number of amides is 1. The maximum absolute atomic E-state index is 11.2. The number of carbonyl (C=O) groups excluding carboxylic acids is 1. The summed E-state index contributed by atoms with van der Waals surface area (Å²) in [7, 11) is 0. The van der Waals surface area contributed by atoms with Gasteiger partial charge in [0, 0.05) is 11.8 Å². The zero-order valence-corrected chi connectivity index (χ0v) is 7.53. The summed E-state index contributed by atoms with van der Waals surface area (Å²) in [5, 5.41) is 4.11. The Morgan fingerprint density at radius 2 is 2.31 bits per heavy atom. The van der Waals surface area contributed by atoms with Crippen LogP contribution in [0.15, 0.2) is 36.6 Å². The van der Waals surface area contributed by atoms with Gasteiger partial charge in [0.2, 0.25) is 5.91 Å². The fourth-order valence-corrected chi connectivity index (χ4v) is 0.891. The van der Waals surface area contributed by atoms with Gasteiger partial charge in [0.1, 0.15) is 6.17 Å². The minimum Gasteiger partial charge on any atom is -0.328 e. The van der Waals surface area contributed by atoms with Gasteiger partial charge in [-0.15, -0.1) is 0 Å². The van der Waals surface area contributed by atoms with Crippen LogP contribution in [0.1, 0.15) is 6.92 Å². The molecule has 13 heavy (non-hydrogen) atoms. The van der Waals surface area contributed by atoms with Crippen molar-refractivity contribution in [3.05, 3.63) is 36.6 Å². The first-order valence-corrected chi connectivity index (χ1v) is 3.95. The van der Waals surface area contributed by atoms with Crippen LogP contribution in [0.5, 0.6) is 0 Å². The minimum atomic E-state index is -0.283. The molecule has 0 spiro atoms. The van der Waals surface area contributed by atoms with Crippen molar-refractivity contribution in [2.75, 3.05) is 0 Å². The van der Waals surface area contributed by atoms with Crippen LogP contribution >= 0.6 is 0 Å². The van der Waals surface area contributed by atoms with Gasteiger partial charge in [-0.3, -0.25) is 9.80 Å². The molecule has 0 aromatic rings. The summed E-state index contributed by atoms with van der Waals surface area (Å²) in [6.45, 7) is 5.18. The molecular weight excluding hydrogens is 166 g/mol. The summed E-state index contributed by atoms with van der Waals surface area (Å²) in [6, 6.07) is 0. The Labute approximate surface area is 77.4 Å². The number of nitrogens with one attached hydrogen (secondary N) is 1. The third kappa shape index (κ3) is 2.45. The van der Waals surface area contributed by atoms with E-state index in [1.165, 1.54) is 5.01 Å². The van der Waals surface area contributed by atoms with Crippen LogP contribution in [-0.2, 0) is 4.79 Å². The van der Waals surface area contributed by atoms with Crippen molar-refractivity contribution >= 4 is 5.91 Å². The van der Waals surface area contributed by atoms with Gasteiger partial charge in [0.15, 0.2) is 0 Å². The number of hydrazine groups is 1. The highest BCUT2D eigenvalue weighted by Gasteiger charge is 2.13. The molecule has 3 N–H and O–H groups in total. The second kappa shape index (κ2) is 3.91. The van der Waals surface area contributed by atoms with Crippen LogP contribution in [0.4, 0.5) is 0 Å². The van der Waals surface area contributed by atoms with E-state index in [1.807, 2.05) is 6.08 Å². The molecule has 70 valence electrons. The van der Waals surface area contributed by atoms with Gasteiger partial charge in [-0.25, -0.2) is 5.84 Å². The van der Waals surface area contributed by atoms with Crippen molar-refractivity contribution in [2.45, 2.75) is 13.1 Å². The van der Waals surface area contributed by atoms with Crippen molar-refractivity contribution in [3.63, 3.8) is 0 Å². The van der Waals surface area contributed by atoms with Gasteiger partial charge in [-0.2, -0.15) is 0 Å². The molecule has 0 radical (unpaired) electrons. The molecule has 1 amide bonds. The average Bonchev–Trinajstić information content (AvgIpc) is 2.08. The van der Waals surface area contributed by atoms with E-state index in [9.17, 15) is 4.79 Å². The number of allylic oxidation sites excluding steroid dienone is 2. The Morgan fingerprint density at radius 1 is 1.62 bits per heavy atom. The maximum Gasteiger partial charge on any atom is 0.248 e. The van der Waals surface area contributed by atoms with Gasteiger partial charge in [-0.05, 0) is 19.1 Å². The Hall–Kier alpha value is -1.55. The fraction of sp³-hybridized carbons (Fsp3) is 0.222. The zero-order chi connectivity index (χ0) is 9.84. The van der Waals surface area contributed by atoms with Gasteiger partial charge in [-0.1, -0.05) is 12.7 Å². The zero-order valence-electron chi connectivity index (χ0n) is 7.53. The van der Waals surface area contributed by atoms with Gasteiger partial charge < -0.3 is 5.32 Å². The van der Waals surface area contributed by atoms with Crippen molar-refractivity contribution in [2.24, 2.45) is 5.84 Å². The Bertz CT molecular complexity index is 281. The van der Waals surface area contributed by atoms with E-state index in [2.05, 4.69) is 11.9 Å². The average molecular weight is 179 g/mol. The summed E-state index contributed by atoms with van der Waals surface area (Å²) in [6.07, 6.45) is 6.81. The number of hydrogen-bond donors (Lipinski definition) is 2. The van der Waals surface area contributed by atoms with E-state index >= 15 is 0 Å². The van der Waals surface area contributed by atoms with Crippen molar-refractivity contribution in [3.8, 4) is 0 Å². The maximum atomic E-state index is 11.2. The predicted octanol–water partition coefficient (Wildman–Crippen LogP) is 0.264. The SMILES string of the molecule is C=C(C)C(=O)NC1C=CC=CN1N. The minimum absolute atomic E-state index is 0.194. The van der Waals surface area contributed by atoms with Crippen LogP contribution < -0.4 is 11.2 Å². The number of hydrogen-bond acceptors (Lipinski definition) is 3. The monoisotopic (exact) mass is 179 g/mol. The van der Waals surface area contributed by atoms with E-state index in [0.29, 0.717) is 5.57 Å². The Kier molecular flexibility index (Phi) is 2.87. The topological polar surface area (TPSA) is 58.4 Å². The molecule has 0 aliphatic carbocycles. The van der Waals surface area contributed by atoms with Crippen molar-refractivity contribution in [1.82, 2.24) is 10.3 Å². The second-order valence-electron chi connectivity index (χ2n) is 2.87. The summed E-state index contributed by atoms with van der Waals surface area (Å²) in [5.74, 6) is 5.38. The van der Waals surface area contributed by atoms with Crippen LogP contribution in [0.2, 0.25) is 0 Å². The van der Waals surface area contributed by atoms with Gasteiger partial charge in [0.25, 0.3) is 0 Å². The molecule has 0 bridgehead atoms. The Balaban J connectivity index is 2.54. The smallest absolute Gasteiger partial charge is 0.248 e. The highest BCUT2D eigenvalue weighted by atomic mass is 16.1. The third-order valence-corrected chi connectivity index (χ3v) is 1.65. The Morgan fingerprint density at radius 3 is 2.85 bits per heavy atom. The number of rotatable bonds is 2. The van der Waals surface area contributed by atoms with E-state index in [0.717, 1.165) is 0 Å². The van der Waals surface area contributed by atoms with E-state index in [4.69, 9.17) is 5.84 Å². The molecule has 0 fully saturated rings. The fourth-order valence-electron chi connectivity index (χ4n) is 0.891. The molecular formula is C9H13N3O. The summed E-state index contributed by atoms with van der Waals surface area (Å²) >= 11 is 0. The van der Waals surface area contributed by atoms with E-state index < -0.39 is 0 Å². The van der Waals surface area contributed by atoms with Crippen molar-refractivity contribution < 1.29 is 4.79 Å². The van der Waals surface area contributed by atoms with Gasteiger partial charge in [0.05, 0.1) is 0 Å². The summed E-state index contributed by atoms with van der Waals surface area (Å²) in [4.78, 5) is 11.2. The van der Waals surface area contributed by atoms with Gasteiger partial charge >= 0.3 is 0 Å². The highest BCUT2D eigenvalue weighted by Crippen LogP contribution is 2.01. The molecule has 1 aliphatic rings. The number of nitrogens with zero attached hydrogens (tertiary/aromatic N) is 1. The predicted molar refractivity (Wildman–Crippen MR) is 51.1 cm³/mol. The quantitative estimate of drug-likeness (QED) is 0.472. The first kappa shape index (κ1) is 9.54. The normalized spacial score (nSPS) is 20.2. The molecule has 1 atom stereocenters. The lowest BCUT2D eigenvalue weighted by Crippen LogP contribution is -2.48. The highest BCUT2D eigenvalue weighted by molar-refractivity contribution is 5.92. The lowest BCUT2D eigenvalue weighted by Gasteiger charge is -2.26. The van der Waals surface area contributed by atoms with Crippen LogP contribution in [0.3, 0.4) is 0 Å². The summed E-state index contributed by atoms with van der Waals surface area (Å²) in [5.41, 5.74) is 0.469. The molecule has 0 saturated heterocycles. The molecule has 0 saturated carbocycles. The molecule has 0 aromatic carbocycles. The molecule has 1 heterocycles. The summed E-state index contributed by atoms with van der Waals surface area (Å²) < 4.78 is 0. The van der Waals surface area contributed by atoms with E-state index in [1.54, 1.807) is 25.3 Å². The molecule has 1 rings (SSSR count). The number of carbonyl (C=O) groups is 1. The largest absolute Gasteiger partial charge is 0.328 e. The lowest BCUT2D eigenvalue weighted by molar-refractivity contribution is -0.118. The molecule has 4 nitrogen and oxygen atoms in total. The molecule has 4 heteroatoms. The first-order chi connectivity index (χ1) is 6.11. The molecule has 1 unspecified atom stereocenters.